The van der Waals surface area contributed by atoms with Crippen LogP contribution in [0.2, 0.25) is 0 Å². The van der Waals surface area contributed by atoms with Gasteiger partial charge in [-0.1, -0.05) is 0 Å². The zero-order valence-corrected chi connectivity index (χ0v) is 9.41. The van der Waals surface area contributed by atoms with E-state index < -0.39 is 23.3 Å². The Morgan fingerprint density at radius 3 is 2.63 bits per heavy atom. The summed E-state index contributed by atoms with van der Waals surface area (Å²) < 4.78 is 57.9. The second-order valence-corrected chi connectivity index (χ2v) is 4.25. The molecule has 2 aliphatic heterocycles. The van der Waals surface area contributed by atoms with E-state index in [1.807, 2.05) is 0 Å². The van der Waals surface area contributed by atoms with Crippen LogP contribution >= 0.6 is 0 Å². The number of ether oxygens (including phenoxy) is 1. The summed E-state index contributed by atoms with van der Waals surface area (Å²) >= 11 is 0. The lowest BCUT2D eigenvalue weighted by Crippen LogP contribution is -2.97. The topological polar surface area (TPSA) is 56.8 Å². The predicted molar refractivity (Wildman–Crippen MR) is 54.3 cm³/mol. The third-order valence-electron chi connectivity index (χ3n) is 3.01. The molecule has 3 N–H and O–H groups in total. The zero-order valence-electron chi connectivity index (χ0n) is 9.41. The van der Waals surface area contributed by atoms with Gasteiger partial charge in [-0.05, 0) is 12.1 Å². The van der Waals surface area contributed by atoms with Crippen molar-refractivity contribution in [3.05, 3.63) is 35.4 Å². The fourth-order valence-electron chi connectivity index (χ4n) is 2.02. The zero-order chi connectivity index (χ0) is 13.7. The Hall–Kier alpha value is -1.87. The Morgan fingerprint density at radius 2 is 2.11 bits per heavy atom. The Balaban J connectivity index is 1.95. The molecule has 5 nitrogen and oxygen atoms in total. The van der Waals surface area contributed by atoms with Crippen molar-refractivity contribution in [2.24, 2.45) is 5.10 Å². The molecule has 0 amide bonds. The molecule has 2 heterocycles. The minimum absolute atomic E-state index is 0.334. The lowest BCUT2D eigenvalue weighted by Gasteiger charge is -2.16. The van der Waals surface area contributed by atoms with E-state index in [0.29, 0.717) is 6.07 Å². The van der Waals surface area contributed by atoms with E-state index in [2.05, 4.69) is 15.4 Å². The molecule has 9 heteroatoms. The van der Waals surface area contributed by atoms with Gasteiger partial charge in [0.05, 0.1) is 0 Å². The Kier molecular flexibility index (Phi) is 2.44. The van der Waals surface area contributed by atoms with Crippen molar-refractivity contribution in [2.75, 3.05) is 6.54 Å². The van der Waals surface area contributed by atoms with Crippen molar-refractivity contribution in [1.82, 2.24) is 10.5 Å². The van der Waals surface area contributed by atoms with E-state index in [-0.39, 0.29) is 12.1 Å². The molecule has 102 valence electrons. The van der Waals surface area contributed by atoms with Crippen LogP contribution in [0.5, 0.6) is 0 Å². The molecule has 1 aromatic carbocycles. The number of nitrogens with one attached hydrogen (secondary N) is 1. The average molecular weight is 277 g/mol. The van der Waals surface area contributed by atoms with Gasteiger partial charge >= 0.3 is 6.11 Å². The first kappa shape index (κ1) is 12.2. The molecular formula is C10H9F4N4O+. The van der Waals surface area contributed by atoms with Gasteiger partial charge in [-0.2, -0.15) is 13.8 Å². The van der Waals surface area contributed by atoms with Crippen LogP contribution in [-0.2, 0) is 10.3 Å². The highest BCUT2D eigenvalue weighted by Crippen LogP contribution is 2.58. The lowest BCUT2D eigenvalue weighted by atomic mass is 9.97. The molecule has 2 aliphatic rings. The van der Waals surface area contributed by atoms with Gasteiger partial charge in [-0.3, -0.25) is 4.74 Å². The number of quaternary nitrogens is 1. The highest BCUT2D eigenvalue weighted by atomic mass is 19.3. The summed E-state index contributed by atoms with van der Waals surface area (Å²) in [4.78, 5) is 0. The van der Waals surface area contributed by atoms with Crippen LogP contribution in [0.1, 0.15) is 5.56 Å². The molecule has 0 radical (unpaired) electrons. The van der Waals surface area contributed by atoms with Gasteiger partial charge in [0.2, 0.25) is 5.60 Å². The van der Waals surface area contributed by atoms with E-state index in [1.165, 1.54) is 16.9 Å². The average Bonchev–Trinajstić information content (AvgIpc) is 2.71. The quantitative estimate of drug-likeness (QED) is 0.465. The summed E-state index contributed by atoms with van der Waals surface area (Å²) in [5.74, 6) is -1.90. The summed E-state index contributed by atoms with van der Waals surface area (Å²) in [5.41, 5.74) is 1.27. The highest BCUT2D eigenvalue weighted by Gasteiger charge is 2.77. The standard InChI is InChI=1S/C10H8F4N4O/c11-6-1-2-7(8(12)3-6)9(10(13,14)19-9)4-18-5-15-16-17-18/h1-3,5,16-17H,4H2/p+1. The number of rotatable bonds is 3. The van der Waals surface area contributed by atoms with Gasteiger partial charge in [0, 0.05) is 11.6 Å². The third kappa shape index (κ3) is 1.81. The number of benzene rings is 1. The van der Waals surface area contributed by atoms with Crippen LogP contribution < -0.4 is 11.1 Å². The fraction of sp³-hybridized carbons (Fsp3) is 0.300. The number of nitrogens with two attached hydrogens (primary N) is 1. The summed E-state index contributed by atoms with van der Waals surface area (Å²) in [7, 11) is 0. The van der Waals surface area contributed by atoms with Crippen molar-refractivity contribution in [3.8, 4) is 0 Å². The number of hydrogen-bond acceptors (Lipinski definition) is 4. The first-order valence-electron chi connectivity index (χ1n) is 5.36. The van der Waals surface area contributed by atoms with E-state index in [0.717, 1.165) is 12.1 Å². The summed E-state index contributed by atoms with van der Waals surface area (Å²) in [6, 6.07) is 2.43. The summed E-state index contributed by atoms with van der Waals surface area (Å²) in [6.45, 7) is -0.334. The molecule has 1 aromatic rings. The van der Waals surface area contributed by atoms with Gasteiger partial charge in [0.1, 0.15) is 18.2 Å². The van der Waals surface area contributed by atoms with Crippen molar-refractivity contribution in [1.29, 1.82) is 0 Å². The molecule has 0 saturated carbocycles. The van der Waals surface area contributed by atoms with Crippen LogP contribution in [-0.4, -0.2) is 24.0 Å². The van der Waals surface area contributed by atoms with Crippen molar-refractivity contribution < 1.29 is 27.8 Å². The van der Waals surface area contributed by atoms with Crippen LogP contribution in [0.3, 0.4) is 0 Å². The maximum atomic E-state index is 13.7. The number of nitrogens with zero attached hydrogens (tertiary/aromatic N) is 2. The van der Waals surface area contributed by atoms with E-state index in [1.54, 1.807) is 0 Å². The maximum Gasteiger partial charge on any atom is 0.392 e. The van der Waals surface area contributed by atoms with Crippen molar-refractivity contribution in [3.63, 3.8) is 0 Å². The smallest absolute Gasteiger partial charge is 0.295 e. The van der Waals surface area contributed by atoms with Crippen LogP contribution in [0.4, 0.5) is 17.6 Å². The molecule has 0 spiro atoms. The van der Waals surface area contributed by atoms with Gasteiger partial charge in [-0.25, -0.2) is 8.78 Å². The minimum atomic E-state index is -3.50. The lowest BCUT2D eigenvalue weighted by molar-refractivity contribution is -0.821. The first-order chi connectivity index (χ1) is 8.95. The Bertz CT molecular complexity index is 552. The molecule has 0 bridgehead atoms. The molecule has 0 aliphatic carbocycles. The monoisotopic (exact) mass is 277 g/mol. The number of epoxide rings is 1. The minimum Gasteiger partial charge on any atom is -0.295 e. The van der Waals surface area contributed by atoms with Gasteiger partial charge in [0.25, 0.3) is 0 Å². The normalized spacial score (nSPS) is 27.5. The molecule has 1 unspecified atom stereocenters. The second-order valence-electron chi connectivity index (χ2n) is 4.25. The molecule has 19 heavy (non-hydrogen) atoms. The van der Waals surface area contributed by atoms with Gasteiger partial charge in [0.15, 0.2) is 6.34 Å². The first-order valence-corrected chi connectivity index (χ1v) is 5.36. The van der Waals surface area contributed by atoms with Crippen LogP contribution in [0, 0.1) is 11.6 Å². The number of halogens is 4. The molecule has 3 rings (SSSR count). The van der Waals surface area contributed by atoms with Crippen LogP contribution in [0.25, 0.3) is 0 Å². The van der Waals surface area contributed by atoms with Crippen molar-refractivity contribution >= 4 is 6.34 Å². The molecular weight excluding hydrogens is 268 g/mol. The maximum absolute atomic E-state index is 13.7. The third-order valence-corrected chi connectivity index (χ3v) is 3.01. The van der Waals surface area contributed by atoms with E-state index >= 15 is 0 Å². The van der Waals surface area contributed by atoms with Gasteiger partial charge < -0.3 is 0 Å². The largest absolute Gasteiger partial charge is 0.392 e. The molecule has 1 fully saturated rings. The Morgan fingerprint density at radius 1 is 1.37 bits per heavy atom. The number of alkyl halides is 2. The molecule has 1 atom stereocenters. The molecule has 0 aromatic heterocycles. The summed E-state index contributed by atoms with van der Waals surface area (Å²) in [6.07, 6.45) is -2.24. The van der Waals surface area contributed by atoms with E-state index in [4.69, 9.17) is 0 Å². The molecule has 1 saturated heterocycles. The second kappa shape index (κ2) is 3.81. The van der Waals surface area contributed by atoms with E-state index in [9.17, 15) is 17.6 Å². The fourth-order valence-corrected chi connectivity index (χ4v) is 2.02. The number of hydrogen-bond donors (Lipinski definition) is 2. The van der Waals surface area contributed by atoms with Crippen molar-refractivity contribution in [2.45, 2.75) is 11.7 Å². The van der Waals surface area contributed by atoms with Crippen LogP contribution in [0.15, 0.2) is 23.3 Å². The Labute approximate surface area is 104 Å². The number of hydrazone groups is 1. The predicted octanol–water partition coefficient (Wildman–Crippen LogP) is 0.0250. The SMILES string of the molecule is Fc1ccc(C2(CN3C=NN[NH2+]3)OC2(F)F)c(F)c1. The highest BCUT2D eigenvalue weighted by molar-refractivity contribution is 5.53. The van der Waals surface area contributed by atoms with Gasteiger partial charge in [-0.15, -0.1) is 16.2 Å². The summed E-state index contributed by atoms with van der Waals surface area (Å²) in [5, 5.41) is 4.89.